The summed E-state index contributed by atoms with van der Waals surface area (Å²) < 4.78 is 7.78. The summed E-state index contributed by atoms with van der Waals surface area (Å²) in [6.07, 6.45) is 6.45. The van der Waals surface area contributed by atoms with E-state index in [9.17, 15) is 9.59 Å². The molecule has 2 aromatic rings. The molecular formula is C25H38N4O3. The van der Waals surface area contributed by atoms with Gasteiger partial charge >= 0.3 is 0 Å². The molecule has 176 valence electrons. The standard InChI is InChI=1S/C25H38N4O3/c1-5-27(6-2)13-10-14-29-23(30)21-16-22-20(15-18(3)32-22)28(21)17-25(29,4)24(31)26-19-11-8-7-9-12-19/h15-16,19H,5-14,17H2,1-4H3,(H,26,31)/t25-/m0/s1. The maximum atomic E-state index is 13.7. The van der Waals surface area contributed by atoms with Crippen LogP contribution in [0.1, 0.15) is 75.5 Å². The molecular weight excluding hydrogens is 404 g/mol. The molecule has 0 saturated heterocycles. The lowest BCUT2D eigenvalue weighted by molar-refractivity contribution is -0.133. The van der Waals surface area contributed by atoms with E-state index in [1.165, 1.54) is 6.42 Å². The Labute approximate surface area is 191 Å². The van der Waals surface area contributed by atoms with E-state index in [1.807, 2.05) is 35.4 Å². The van der Waals surface area contributed by atoms with Gasteiger partial charge in [-0.05, 0) is 52.7 Å². The van der Waals surface area contributed by atoms with Gasteiger partial charge in [0.05, 0.1) is 12.1 Å². The third-order valence-corrected chi connectivity index (χ3v) is 7.42. The molecule has 1 atom stereocenters. The molecule has 1 aliphatic carbocycles. The first-order valence-electron chi connectivity index (χ1n) is 12.3. The van der Waals surface area contributed by atoms with E-state index in [0.29, 0.717) is 24.4 Å². The number of carbonyl (C=O) groups is 2. The van der Waals surface area contributed by atoms with Crippen LogP contribution in [0, 0.1) is 6.92 Å². The molecule has 7 nitrogen and oxygen atoms in total. The molecule has 0 bridgehead atoms. The van der Waals surface area contributed by atoms with Crippen LogP contribution in [0.5, 0.6) is 0 Å². The zero-order valence-corrected chi connectivity index (χ0v) is 20.1. The normalized spacial score (nSPS) is 22.0. The molecule has 2 aromatic heterocycles. The average Bonchev–Trinajstić information content (AvgIpc) is 3.30. The first kappa shape index (κ1) is 22.9. The lowest BCUT2D eigenvalue weighted by Gasteiger charge is -2.45. The quantitative estimate of drug-likeness (QED) is 0.672. The van der Waals surface area contributed by atoms with Gasteiger partial charge in [-0.25, -0.2) is 0 Å². The molecule has 32 heavy (non-hydrogen) atoms. The van der Waals surface area contributed by atoms with Crippen molar-refractivity contribution in [2.75, 3.05) is 26.2 Å². The van der Waals surface area contributed by atoms with Gasteiger partial charge in [-0.3, -0.25) is 9.59 Å². The van der Waals surface area contributed by atoms with E-state index in [1.54, 1.807) is 0 Å². The first-order valence-corrected chi connectivity index (χ1v) is 12.3. The van der Waals surface area contributed by atoms with Crippen LogP contribution in [0.2, 0.25) is 0 Å². The van der Waals surface area contributed by atoms with Crippen molar-refractivity contribution in [3.05, 3.63) is 23.6 Å². The Balaban J connectivity index is 1.62. The lowest BCUT2D eigenvalue weighted by Crippen LogP contribution is -2.65. The molecule has 2 amide bonds. The largest absolute Gasteiger partial charge is 0.460 e. The maximum absolute atomic E-state index is 13.7. The molecule has 0 radical (unpaired) electrons. The highest BCUT2D eigenvalue weighted by atomic mass is 16.3. The average molecular weight is 443 g/mol. The minimum atomic E-state index is -0.929. The van der Waals surface area contributed by atoms with E-state index < -0.39 is 5.54 Å². The smallest absolute Gasteiger partial charge is 0.271 e. The summed E-state index contributed by atoms with van der Waals surface area (Å²) in [7, 11) is 0. The van der Waals surface area contributed by atoms with E-state index in [-0.39, 0.29) is 17.9 Å². The molecule has 4 rings (SSSR count). The van der Waals surface area contributed by atoms with Crippen LogP contribution >= 0.6 is 0 Å². The van der Waals surface area contributed by atoms with Crippen molar-refractivity contribution in [3.63, 3.8) is 0 Å². The van der Waals surface area contributed by atoms with Crippen molar-refractivity contribution in [1.82, 2.24) is 19.7 Å². The Kier molecular flexibility index (Phi) is 6.65. The fourth-order valence-corrected chi connectivity index (χ4v) is 5.39. The highest BCUT2D eigenvalue weighted by molar-refractivity contribution is 6.03. The molecule has 7 heteroatoms. The minimum absolute atomic E-state index is 0.0340. The molecule has 2 aliphatic rings. The van der Waals surface area contributed by atoms with Crippen molar-refractivity contribution in [2.24, 2.45) is 0 Å². The van der Waals surface area contributed by atoms with Gasteiger partial charge in [0.15, 0.2) is 5.58 Å². The zero-order valence-electron chi connectivity index (χ0n) is 20.1. The molecule has 1 N–H and O–H groups in total. The number of aryl methyl sites for hydroxylation is 1. The number of furan rings is 1. The van der Waals surface area contributed by atoms with Crippen molar-refractivity contribution < 1.29 is 14.0 Å². The number of amides is 2. The number of rotatable bonds is 8. The molecule has 3 heterocycles. The van der Waals surface area contributed by atoms with E-state index in [2.05, 4.69) is 24.1 Å². The molecule has 1 fully saturated rings. The Morgan fingerprint density at radius 1 is 1.22 bits per heavy atom. The Morgan fingerprint density at radius 3 is 2.62 bits per heavy atom. The fourth-order valence-electron chi connectivity index (χ4n) is 5.39. The SMILES string of the molecule is CCN(CC)CCCN1C(=O)c2cc3oc(C)cc3n2C[C@@]1(C)C(=O)NC1CCCCC1. The van der Waals surface area contributed by atoms with Crippen LogP contribution in [0.3, 0.4) is 0 Å². The monoisotopic (exact) mass is 442 g/mol. The molecule has 0 aromatic carbocycles. The van der Waals surface area contributed by atoms with Crippen LogP contribution in [-0.2, 0) is 11.3 Å². The molecule has 1 aliphatic heterocycles. The van der Waals surface area contributed by atoms with Crippen LogP contribution in [0.25, 0.3) is 11.1 Å². The predicted molar refractivity (Wildman–Crippen MR) is 126 cm³/mol. The van der Waals surface area contributed by atoms with Crippen LogP contribution < -0.4 is 5.32 Å². The summed E-state index contributed by atoms with van der Waals surface area (Å²) in [6, 6.07) is 4.00. The second-order valence-electron chi connectivity index (χ2n) is 9.64. The van der Waals surface area contributed by atoms with Gasteiger partial charge in [0.1, 0.15) is 17.0 Å². The van der Waals surface area contributed by atoms with Gasteiger partial charge in [-0.1, -0.05) is 33.1 Å². The lowest BCUT2D eigenvalue weighted by atomic mass is 9.91. The van der Waals surface area contributed by atoms with Crippen molar-refractivity contribution in [2.45, 2.75) is 84.3 Å². The highest BCUT2D eigenvalue weighted by Crippen LogP contribution is 2.34. The number of aromatic nitrogens is 1. The Morgan fingerprint density at radius 2 is 1.94 bits per heavy atom. The van der Waals surface area contributed by atoms with Crippen LogP contribution in [0.4, 0.5) is 0 Å². The van der Waals surface area contributed by atoms with E-state index in [4.69, 9.17) is 4.42 Å². The summed E-state index contributed by atoms with van der Waals surface area (Å²) in [6.45, 7) is 12.1. The van der Waals surface area contributed by atoms with Gasteiger partial charge in [0.2, 0.25) is 5.91 Å². The number of nitrogens with zero attached hydrogens (tertiary/aromatic N) is 3. The summed E-state index contributed by atoms with van der Waals surface area (Å²) in [5.41, 5.74) is 1.29. The number of carbonyl (C=O) groups excluding carboxylic acids is 2. The molecule has 0 spiro atoms. The highest BCUT2D eigenvalue weighted by Gasteiger charge is 2.48. The van der Waals surface area contributed by atoms with Gasteiger partial charge in [-0.2, -0.15) is 0 Å². The Hall–Kier alpha value is -2.28. The van der Waals surface area contributed by atoms with Crippen molar-refractivity contribution >= 4 is 22.9 Å². The summed E-state index contributed by atoms with van der Waals surface area (Å²) >= 11 is 0. The van der Waals surface area contributed by atoms with Gasteiger partial charge in [0, 0.05) is 24.7 Å². The third-order valence-electron chi connectivity index (χ3n) is 7.42. The van der Waals surface area contributed by atoms with Gasteiger partial charge in [-0.15, -0.1) is 0 Å². The topological polar surface area (TPSA) is 70.7 Å². The third kappa shape index (κ3) is 4.19. The maximum Gasteiger partial charge on any atom is 0.271 e. The van der Waals surface area contributed by atoms with Crippen LogP contribution in [-0.4, -0.2) is 63.9 Å². The number of hydrogen-bond donors (Lipinski definition) is 1. The van der Waals surface area contributed by atoms with Gasteiger partial charge in [0.25, 0.3) is 5.91 Å². The number of hydrogen-bond acceptors (Lipinski definition) is 4. The molecule has 0 unspecified atom stereocenters. The summed E-state index contributed by atoms with van der Waals surface area (Å²) in [4.78, 5) is 31.5. The fraction of sp³-hybridized carbons (Fsp3) is 0.680. The Bertz CT molecular complexity index is 967. The van der Waals surface area contributed by atoms with Gasteiger partial charge < -0.3 is 24.1 Å². The molecule has 1 saturated carbocycles. The van der Waals surface area contributed by atoms with Crippen LogP contribution in [0.15, 0.2) is 16.5 Å². The minimum Gasteiger partial charge on any atom is -0.460 e. The summed E-state index contributed by atoms with van der Waals surface area (Å²) in [5, 5.41) is 3.30. The second kappa shape index (κ2) is 9.30. The predicted octanol–water partition coefficient (Wildman–Crippen LogP) is 3.94. The van der Waals surface area contributed by atoms with Crippen molar-refractivity contribution in [3.8, 4) is 0 Å². The summed E-state index contributed by atoms with van der Waals surface area (Å²) in [5.74, 6) is 0.696. The van der Waals surface area contributed by atoms with E-state index in [0.717, 1.165) is 63.0 Å². The first-order chi connectivity index (χ1) is 15.4. The van der Waals surface area contributed by atoms with Crippen molar-refractivity contribution in [1.29, 1.82) is 0 Å². The zero-order chi connectivity index (χ0) is 22.9. The second-order valence-corrected chi connectivity index (χ2v) is 9.64. The number of fused-ring (bicyclic) bond motifs is 3. The number of nitrogens with one attached hydrogen (secondary N) is 1. The van der Waals surface area contributed by atoms with E-state index >= 15 is 0 Å².